The molecule has 0 unspecified atom stereocenters. The Labute approximate surface area is 264 Å². The van der Waals surface area contributed by atoms with E-state index >= 15 is 0 Å². The summed E-state index contributed by atoms with van der Waals surface area (Å²) in [7, 11) is -0.204. The van der Waals surface area contributed by atoms with Crippen LogP contribution in [0.2, 0.25) is 5.02 Å². The molecular formula is C32H40ClN3O7S. The van der Waals surface area contributed by atoms with Crippen molar-refractivity contribution in [1.29, 1.82) is 0 Å². The van der Waals surface area contributed by atoms with E-state index in [4.69, 9.17) is 25.8 Å². The van der Waals surface area contributed by atoms with Crippen molar-refractivity contribution in [2.24, 2.45) is 0 Å². The summed E-state index contributed by atoms with van der Waals surface area (Å²) in [6.45, 7) is 6.79. The molecule has 0 aliphatic carbocycles. The summed E-state index contributed by atoms with van der Waals surface area (Å²) in [4.78, 5) is 28.8. The first kappa shape index (κ1) is 34.5. The first-order chi connectivity index (χ1) is 20.9. The van der Waals surface area contributed by atoms with Gasteiger partial charge >= 0.3 is 0 Å². The van der Waals surface area contributed by atoms with Crippen molar-refractivity contribution in [3.8, 4) is 17.2 Å². The molecule has 0 aliphatic heterocycles. The molecule has 2 atom stereocenters. The first-order valence-electron chi connectivity index (χ1n) is 14.1. The number of amides is 2. The Bertz CT molecular complexity index is 1580. The summed E-state index contributed by atoms with van der Waals surface area (Å²) >= 11 is 6.32. The van der Waals surface area contributed by atoms with Crippen molar-refractivity contribution in [3.63, 3.8) is 0 Å². The normalized spacial score (nSPS) is 12.5. The zero-order valence-corrected chi connectivity index (χ0v) is 27.7. The highest BCUT2D eigenvalue weighted by Gasteiger charge is 2.34. The minimum Gasteiger partial charge on any atom is -0.495 e. The van der Waals surface area contributed by atoms with Crippen molar-refractivity contribution in [3.05, 3.63) is 76.8 Å². The molecule has 1 N–H and O–H groups in total. The lowest BCUT2D eigenvalue weighted by Crippen LogP contribution is -2.52. The molecule has 3 aromatic carbocycles. The van der Waals surface area contributed by atoms with Crippen molar-refractivity contribution in [2.75, 3.05) is 32.2 Å². The van der Waals surface area contributed by atoms with Crippen LogP contribution >= 0.6 is 11.6 Å². The Kier molecular flexibility index (Phi) is 11.9. The maximum atomic E-state index is 14.3. The number of aryl methyl sites for hydroxylation is 1. The van der Waals surface area contributed by atoms with Gasteiger partial charge in [0.05, 0.1) is 31.9 Å². The summed E-state index contributed by atoms with van der Waals surface area (Å²) in [5.74, 6) is -0.254. The number of anilines is 1. The van der Waals surface area contributed by atoms with Gasteiger partial charge in [0.2, 0.25) is 11.8 Å². The van der Waals surface area contributed by atoms with E-state index in [2.05, 4.69) is 5.32 Å². The third-order valence-corrected chi connectivity index (χ3v) is 9.39. The molecule has 0 aromatic heterocycles. The topological polar surface area (TPSA) is 114 Å². The van der Waals surface area contributed by atoms with E-state index in [0.29, 0.717) is 12.2 Å². The predicted octanol–water partition coefficient (Wildman–Crippen LogP) is 5.20. The molecule has 0 radical (unpaired) electrons. The van der Waals surface area contributed by atoms with Gasteiger partial charge in [-0.2, -0.15) is 0 Å². The molecular weight excluding hydrogens is 606 g/mol. The zero-order valence-electron chi connectivity index (χ0n) is 26.1. The van der Waals surface area contributed by atoms with E-state index < -0.39 is 28.5 Å². The fraction of sp³-hybridized carbons (Fsp3) is 0.375. The smallest absolute Gasteiger partial charge is 0.265 e. The number of benzene rings is 3. The van der Waals surface area contributed by atoms with Crippen LogP contribution in [0.3, 0.4) is 0 Å². The van der Waals surface area contributed by atoms with Crippen LogP contribution in [0.1, 0.15) is 38.3 Å². The lowest BCUT2D eigenvalue weighted by molar-refractivity contribution is -0.139. The standard InChI is InChI=1S/C32H40ClN3O7S/c1-8-22(3)34-32(38)23(4)35(19-24-12-10-9-11-21(24)2)31(37)20-36(27-17-25(33)13-15-28(27)41-5)44(39,40)26-14-16-29(42-6)30(18-26)43-7/h9-18,22-23H,8,19-20H2,1-7H3,(H,34,38)/t22-,23+/m1/s1. The fourth-order valence-electron chi connectivity index (χ4n) is 4.49. The number of hydrogen-bond donors (Lipinski definition) is 1. The third kappa shape index (κ3) is 7.95. The highest BCUT2D eigenvalue weighted by atomic mass is 35.5. The number of nitrogens with one attached hydrogen (secondary N) is 1. The van der Waals surface area contributed by atoms with Gasteiger partial charge < -0.3 is 24.4 Å². The number of methoxy groups -OCH3 is 3. The fourth-order valence-corrected chi connectivity index (χ4v) is 6.09. The summed E-state index contributed by atoms with van der Waals surface area (Å²) in [6.07, 6.45) is 0.704. The Balaban J connectivity index is 2.15. The number of carbonyl (C=O) groups excluding carboxylic acids is 2. The van der Waals surface area contributed by atoms with Crippen molar-refractivity contribution < 1.29 is 32.2 Å². The molecule has 0 spiro atoms. The van der Waals surface area contributed by atoms with Gasteiger partial charge in [-0.05, 0) is 68.7 Å². The largest absolute Gasteiger partial charge is 0.495 e. The summed E-state index contributed by atoms with van der Waals surface area (Å²) < 4.78 is 45.7. The van der Waals surface area contributed by atoms with Gasteiger partial charge in [0, 0.05) is 23.7 Å². The van der Waals surface area contributed by atoms with Gasteiger partial charge in [-0.25, -0.2) is 8.42 Å². The van der Waals surface area contributed by atoms with Gasteiger partial charge in [0.15, 0.2) is 11.5 Å². The molecule has 0 fully saturated rings. The van der Waals surface area contributed by atoms with E-state index in [0.717, 1.165) is 15.4 Å². The number of carbonyl (C=O) groups is 2. The number of ether oxygens (including phenoxy) is 3. The monoisotopic (exact) mass is 645 g/mol. The van der Waals surface area contributed by atoms with Crippen LogP contribution in [0, 0.1) is 6.92 Å². The highest BCUT2D eigenvalue weighted by Crippen LogP contribution is 2.37. The SMILES string of the molecule is CC[C@@H](C)NC(=O)[C@H](C)N(Cc1ccccc1C)C(=O)CN(c1cc(Cl)ccc1OC)S(=O)(=O)c1ccc(OC)c(OC)c1. The maximum absolute atomic E-state index is 14.3. The Morgan fingerprint density at radius 3 is 2.16 bits per heavy atom. The molecule has 0 saturated carbocycles. The number of sulfonamides is 1. The van der Waals surface area contributed by atoms with Gasteiger partial charge in [0.1, 0.15) is 18.3 Å². The predicted molar refractivity (Wildman–Crippen MR) is 171 cm³/mol. The number of nitrogens with zero attached hydrogens (tertiary/aromatic N) is 2. The molecule has 0 saturated heterocycles. The summed E-state index contributed by atoms with van der Waals surface area (Å²) in [5, 5.41) is 3.16. The van der Waals surface area contributed by atoms with E-state index in [1.165, 1.54) is 56.6 Å². The van der Waals surface area contributed by atoms with Crippen LogP contribution in [-0.4, -0.2) is 65.1 Å². The van der Waals surface area contributed by atoms with E-state index in [1.807, 2.05) is 45.0 Å². The second-order valence-corrected chi connectivity index (χ2v) is 12.6. The molecule has 44 heavy (non-hydrogen) atoms. The van der Waals surface area contributed by atoms with Crippen LogP contribution in [0.25, 0.3) is 0 Å². The van der Waals surface area contributed by atoms with Gasteiger partial charge in [0.25, 0.3) is 10.0 Å². The molecule has 0 heterocycles. The lowest BCUT2D eigenvalue weighted by atomic mass is 10.1. The summed E-state index contributed by atoms with van der Waals surface area (Å²) in [5.41, 5.74) is 1.79. The molecule has 2 amide bonds. The van der Waals surface area contributed by atoms with E-state index in [9.17, 15) is 18.0 Å². The molecule has 0 aliphatic rings. The van der Waals surface area contributed by atoms with Crippen LogP contribution in [0.15, 0.2) is 65.6 Å². The molecule has 238 valence electrons. The van der Waals surface area contributed by atoms with Gasteiger partial charge in [-0.15, -0.1) is 0 Å². The van der Waals surface area contributed by atoms with Crippen LogP contribution < -0.4 is 23.8 Å². The molecule has 0 bridgehead atoms. The minimum atomic E-state index is -4.43. The third-order valence-electron chi connectivity index (χ3n) is 7.40. The van der Waals surface area contributed by atoms with Gasteiger partial charge in [-0.1, -0.05) is 42.8 Å². The summed E-state index contributed by atoms with van der Waals surface area (Å²) in [6, 6.07) is 15.1. The lowest BCUT2D eigenvalue weighted by Gasteiger charge is -2.33. The van der Waals surface area contributed by atoms with Crippen LogP contribution in [0.4, 0.5) is 5.69 Å². The average molecular weight is 646 g/mol. The maximum Gasteiger partial charge on any atom is 0.265 e. The number of hydrogen-bond acceptors (Lipinski definition) is 7. The minimum absolute atomic E-state index is 0.0516. The first-order valence-corrected chi connectivity index (χ1v) is 15.9. The van der Waals surface area contributed by atoms with Crippen molar-refractivity contribution in [1.82, 2.24) is 10.2 Å². The Morgan fingerprint density at radius 1 is 0.909 bits per heavy atom. The highest BCUT2D eigenvalue weighted by molar-refractivity contribution is 7.92. The number of halogens is 1. The number of rotatable bonds is 14. The van der Waals surface area contributed by atoms with Crippen LogP contribution in [0.5, 0.6) is 17.2 Å². The zero-order chi connectivity index (χ0) is 32.6. The van der Waals surface area contributed by atoms with Crippen molar-refractivity contribution in [2.45, 2.75) is 57.6 Å². The quantitative estimate of drug-likeness (QED) is 0.256. The van der Waals surface area contributed by atoms with Crippen molar-refractivity contribution >= 4 is 39.1 Å². The molecule has 3 aromatic rings. The molecule has 12 heteroatoms. The average Bonchev–Trinajstić information content (AvgIpc) is 3.02. The van der Waals surface area contributed by atoms with Gasteiger partial charge in [-0.3, -0.25) is 13.9 Å². The molecule has 10 nitrogen and oxygen atoms in total. The Morgan fingerprint density at radius 2 is 1.55 bits per heavy atom. The molecule has 3 rings (SSSR count). The van der Waals surface area contributed by atoms with E-state index in [-0.39, 0.29) is 45.6 Å². The second-order valence-electron chi connectivity index (χ2n) is 10.3. The van der Waals surface area contributed by atoms with E-state index in [1.54, 1.807) is 13.0 Å². The second kappa shape index (κ2) is 15.2. The Hall–Kier alpha value is -3.96. The van der Waals surface area contributed by atoms with Crippen LogP contribution in [-0.2, 0) is 26.2 Å².